The van der Waals surface area contributed by atoms with Crippen LogP contribution in [-0.4, -0.2) is 55.4 Å². The monoisotopic (exact) mass is 217 g/mol. The van der Waals surface area contributed by atoms with Crippen LogP contribution < -0.4 is 0 Å². The van der Waals surface area contributed by atoms with Gasteiger partial charge in [-0.05, 0) is 12.1 Å². The summed E-state index contributed by atoms with van der Waals surface area (Å²) < 4.78 is 1.32. The summed E-state index contributed by atoms with van der Waals surface area (Å²) in [6.07, 6.45) is 1.49. The Morgan fingerprint density at radius 2 is 2.22 bits per heavy atom. The molecule has 1 aromatic heterocycles. The van der Waals surface area contributed by atoms with Gasteiger partial charge in [-0.2, -0.15) is 4.73 Å². The smallest absolute Gasteiger partial charge is 1.00 e. The minimum atomic E-state index is 0. The Bertz CT molecular complexity index is 242. The van der Waals surface area contributed by atoms with E-state index < -0.39 is 0 Å². The van der Waals surface area contributed by atoms with Gasteiger partial charge in [-0.1, -0.05) is 18.3 Å². The van der Waals surface area contributed by atoms with Gasteiger partial charge in [0.05, 0.1) is 0 Å². The molecule has 0 bridgehead atoms. The van der Waals surface area contributed by atoms with E-state index in [4.69, 9.17) is 5.21 Å². The van der Waals surface area contributed by atoms with E-state index in [9.17, 15) is 0 Å². The molecule has 0 saturated carbocycles. The third-order valence-electron chi connectivity index (χ3n) is 0.803. The van der Waals surface area contributed by atoms with Crippen molar-refractivity contribution in [3.05, 3.63) is 29.0 Å². The average molecular weight is 217 g/mol. The predicted molar refractivity (Wildman–Crippen MR) is 40.4 cm³/mol. The van der Waals surface area contributed by atoms with Gasteiger partial charge in [0.2, 0.25) is 0 Å². The molecule has 0 aliphatic heterocycles. The average Bonchev–Trinajstić information content (AvgIpc) is 1.77. The molecule has 0 amide bonds. The molecule has 46 valence electrons. The Morgan fingerprint density at radius 1 is 1.56 bits per heavy atom. The summed E-state index contributed by atoms with van der Waals surface area (Å²) >= 11 is 4.67. The minimum Gasteiger partial charge on any atom is -1.00 e. The largest absolute Gasteiger partial charge is 2.00 e. The molecule has 0 radical (unpaired) electrons. The summed E-state index contributed by atoms with van der Waals surface area (Å²) in [7, 11) is 0. The Labute approximate surface area is 98.3 Å². The Hall–Kier alpha value is 0.651. The molecule has 1 heterocycles. The molecule has 0 spiro atoms. The Morgan fingerprint density at radius 3 is 2.56 bits per heavy atom. The summed E-state index contributed by atoms with van der Waals surface area (Å²) in [5.41, 5.74) is 0. The molecular formula is C5H7NOSSr. The molecule has 2 nitrogen and oxygen atoms in total. The third-order valence-corrected chi connectivity index (χ3v) is 1.13. The summed E-state index contributed by atoms with van der Waals surface area (Å²) in [4.78, 5) is 0. The topological polar surface area (TPSA) is 25.2 Å². The van der Waals surface area contributed by atoms with E-state index in [2.05, 4.69) is 12.2 Å². The molecule has 0 unspecified atom stereocenters. The van der Waals surface area contributed by atoms with Gasteiger partial charge in [0, 0.05) is 6.20 Å². The van der Waals surface area contributed by atoms with Gasteiger partial charge in [0.15, 0.2) is 0 Å². The number of aromatic nitrogens is 1. The third kappa shape index (κ3) is 2.82. The predicted octanol–water partition coefficient (Wildman–Crippen LogP) is 1.30. The molecule has 1 N–H and O–H groups in total. The zero-order valence-corrected chi connectivity index (χ0v) is 9.11. The molecule has 0 fully saturated rings. The molecule has 0 aromatic carbocycles. The first-order valence-electron chi connectivity index (χ1n) is 2.17. The molecule has 4 heteroatoms. The fourth-order valence-corrected chi connectivity index (χ4v) is 0.558. The second-order valence-corrected chi connectivity index (χ2v) is 1.80. The fourth-order valence-electron chi connectivity index (χ4n) is 0.419. The van der Waals surface area contributed by atoms with E-state index >= 15 is 0 Å². The molecule has 0 atom stereocenters. The number of hydrogen-bond acceptors (Lipinski definition) is 2. The number of rotatable bonds is 0. The van der Waals surface area contributed by atoms with Crippen molar-refractivity contribution in [2.45, 2.75) is 0 Å². The van der Waals surface area contributed by atoms with Crippen molar-refractivity contribution in [3.63, 3.8) is 0 Å². The van der Waals surface area contributed by atoms with Crippen LogP contribution in [0.1, 0.15) is 2.85 Å². The van der Waals surface area contributed by atoms with Crippen LogP contribution in [0.4, 0.5) is 0 Å². The molecule has 0 saturated heterocycles. The maximum Gasteiger partial charge on any atom is 2.00 e. The summed E-state index contributed by atoms with van der Waals surface area (Å²) in [6, 6.07) is 5.13. The molecule has 9 heavy (non-hydrogen) atoms. The van der Waals surface area contributed by atoms with Gasteiger partial charge >= 0.3 is 45.5 Å². The van der Waals surface area contributed by atoms with E-state index in [0.717, 1.165) is 4.73 Å². The molecule has 1 rings (SSSR count). The van der Waals surface area contributed by atoms with Crippen LogP contribution >= 0.6 is 12.2 Å². The van der Waals surface area contributed by atoms with E-state index in [-0.39, 0.29) is 48.3 Å². The normalized spacial score (nSPS) is 8.00. The quantitative estimate of drug-likeness (QED) is 0.402. The van der Waals surface area contributed by atoms with Gasteiger partial charge in [0.25, 0.3) is 0 Å². The van der Waals surface area contributed by atoms with Crippen molar-refractivity contribution in [1.29, 1.82) is 0 Å². The van der Waals surface area contributed by atoms with Gasteiger partial charge in [-0.3, -0.25) is 0 Å². The maximum absolute atomic E-state index is 8.73. The second kappa shape index (κ2) is 4.46. The first kappa shape index (κ1) is 9.65. The van der Waals surface area contributed by atoms with Crippen molar-refractivity contribution in [1.82, 2.24) is 4.73 Å². The van der Waals surface area contributed by atoms with Crippen molar-refractivity contribution >= 4 is 57.7 Å². The summed E-state index contributed by atoms with van der Waals surface area (Å²) in [5.74, 6) is 0. The van der Waals surface area contributed by atoms with Crippen LogP contribution in [-0.2, 0) is 0 Å². The van der Waals surface area contributed by atoms with Gasteiger partial charge < -0.3 is 8.06 Å². The van der Waals surface area contributed by atoms with Crippen LogP contribution in [0.25, 0.3) is 0 Å². The van der Waals surface area contributed by atoms with E-state index in [1.807, 2.05) is 0 Å². The fraction of sp³-hybridized carbons (Fsp3) is 0. The van der Waals surface area contributed by atoms with Crippen LogP contribution in [0.3, 0.4) is 0 Å². The second-order valence-electron chi connectivity index (χ2n) is 1.38. The SMILES string of the molecule is On1ccccc1=S.[H-].[H-].[Sr+2]. The zero-order chi connectivity index (χ0) is 5.98. The van der Waals surface area contributed by atoms with Crippen molar-refractivity contribution in [2.75, 3.05) is 0 Å². The number of nitrogens with zero attached hydrogens (tertiary/aromatic N) is 1. The van der Waals surface area contributed by atoms with Gasteiger partial charge in [-0.15, -0.1) is 0 Å². The van der Waals surface area contributed by atoms with E-state index in [0.29, 0.717) is 4.64 Å². The Kier molecular flexibility index (Phi) is 4.79. The first-order chi connectivity index (χ1) is 3.80. The number of hydrogen-bond donors (Lipinski definition) is 1. The molecular weight excluding hydrogens is 210 g/mol. The van der Waals surface area contributed by atoms with Crippen molar-refractivity contribution in [3.8, 4) is 0 Å². The van der Waals surface area contributed by atoms with Crippen molar-refractivity contribution in [2.24, 2.45) is 0 Å². The summed E-state index contributed by atoms with van der Waals surface area (Å²) in [6.45, 7) is 0. The molecule has 1 aromatic rings. The molecule has 0 aliphatic rings. The van der Waals surface area contributed by atoms with E-state index in [1.165, 1.54) is 6.20 Å². The van der Waals surface area contributed by atoms with Gasteiger partial charge in [-0.25, -0.2) is 0 Å². The number of pyridine rings is 1. The minimum absolute atomic E-state index is 0. The van der Waals surface area contributed by atoms with Crippen LogP contribution in [0.2, 0.25) is 0 Å². The zero-order valence-electron chi connectivity index (χ0n) is 6.82. The van der Waals surface area contributed by atoms with Crippen LogP contribution in [0.5, 0.6) is 0 Å². The van der Waals surface area contributed by atoms with Crippen molar-refractivity contribution < 1.29 is 8.06 Å². The van der Waals surface area contributed by atoms with Crippen LogP contribution in [0.15, 0.2) is 24.4 Å². The first-order valence-corrected chi connectivity index (χ1v) is 2.58. The summed E-state index contributed by atoms with van der Waals surface area (Å²) in [5, 5.41) is 8.73. The standard InChI is InChI=1S/C5H5NOS.Sr.2H/c7-6-4-2-1-3-5(6)8;;;/h1-4,7H;;;/q;+2;2*-1. The van der Waals surface area contributed by atoms with Crippen LogP contribution in [0, 0.1) is 4.64 Å². The Balaban J connectivity index is -0.000000213. The maximum atomic E-state index is 8.73. The molecule has 0 aliphatic carbocycles. The van der Waals surface area contributed by atoms with E-state index in [1.54, 1.807) is 18.2 Å². The van der Waals surface area contributed by atoms with Gasteiger partial charge in [0.1, 0.15) is 4.64 Å².